The lowest BCUT2D eigenvalue weighted by Gasteiger charge is -2.04. The fourth-order valence-corrected chi connectivity index (χ4v) is 2.92. The number of rotatable bonds is 5. The van der Waals surface area contributed by atoms with Crippen molar-refractivity contribution in [2.24, 2.45) is 0 Å². The Hall–Kier alpha value is -1.47. The van der Waals surface area contributed by atoms with E-state index in [2.05, 4.69) is 27.4 Å². The molecule has 0 amide bonds. The van der Waals surface area contributed by atoms with Gasteiger partial charge in [-0.05, 0) is 26.1 Å². The zero-order valence-corrected chi connectivity index (χ0v) is 15.0. The van der Waals surface area contributed by atoms with Crippen LogP contribution in [0.3, 0.4) is 0 Å². The summed E-state index contributed by atoms with van der Waals surface area (Å²) in [5, 5.41) is 10.6. The summed E-state index contributed by atoms with van der Waals surface area (Å²) in [6.07, 6.45) is 0.714. The maximum absolute atomic E-state index is 6.01. The van der Waals surface area contributed by atoms with Crippen LogP contribution in [0.1, 0.15) is 12.7 Å². The summed E-state index contributed by atoms with van der Waals surface area (Å²) >= 11 is 7.54. The van der Waals surface area contributed by atoms with Gasteiger partial charge in [0.05, 0.1) is 0 Å². The predicted octanol–water partition coefficient (Wildman–Crippen LogP) is 4.09. The van der Waals surface area contributed by atoms with E-state index < -0.39 is 0 Å². The second-order valence-electron chi connectivity index (χ2n) is 4.96. The minimum absolute atomic E-state index is 0. The molecule has 3 rings (SSSR count). The van der Waals surface area contributed by atoms with Gasteiger partial charge in [-0.3, -0.25) is 0 Å². The van der Waals surface area contributed by atoms with E-state index in [1.807, 2.05) is 36.7 Å². The smallest absolute Gasteiger partial charge is 0.277 e. The number of aromatic nitrogens is 3. The highest BCUT2D eigenvalue weighted by atomic mass is 35.5. The van der Waals surface area contributed by atoms with E-state index in [9.17, 15) is 0 Å². The molecule has 122 valence electrons. The van der Waals surface area contributed by atoms with Crippen molar-refractivity contribution in [2.45, 2.75) is 19.4 Å². The Morgan fingerprint density at radius 1 is 1.35 bits per heavy atom. The second kappa shape index (κ2) is 7.88. The minimum atomic E-state index is 0. The van der Waals surface area contributed by atoms with Crippen LogP contribution in [0.25, 0.3) is 22.2 Å². The highest BCUT2D eigenvalue weighted by Crippen LogP contribution is 2.29. The molecule has 23 heavy (non-hydrogen) atoms. The number of thiazole rings is 1. The van der Waals surface area contributed by atoms with E-state index in [-0.39, 0.29) is 12.4 Å². The van der Waals surface area contributed by atoms with Gasteiger partial charge < -0.3 is 9.84 Å². The molecule has 2 aromatic heterocycles. The zero-order valence-electron chi connectivity index (χ0n) is 12.6. The van der Waals surface area contributed by atoms with Gasteiger partial charge in [0.15, 0.2) is 5.82 Å². The number of nitrogens with one attached hydrogen (secondary N) is 1. The van der Waals surface area contributed by atoms with Crippen LogP contribution in [0, 0.1) is 0 Å². The first-order valence-corrected chi connectivity index (χ1v) is 8.13. The Morgan fingerprint density at radius 3 is 2.91 bits per heavy atom. The fourth-order valence-electron chi connectivity index (χ4n) is 1.94. The first-order valence-electron chi connectivity index (χ1n) is 6.87. The number of hydrogen-bond donors (Lipinski definition) is 1. The van der Waals surface area contributed by atoms with Crippen LogP contribution in [0.5, 0.6) is 0 Å². The minimum Gasteiger partial charge on any atom is -0.332 e. The molecule has 0 radical (unpaired) electrons. The lowest BCUT2D eigenvalue weighted by molar-refractivity contribution is 0.417. The highest BCUT2D eigenvalue weighted by Gasteiger charge is 2.14. The third-order valence-electron chi connectivity index (χ3n) is 3.24. The number of benzene rings is 1. The second-order valence-corrected chi connectivity index (χ2v) is 6.25. The van der Waals surface area contributed by atoms with Crippen LogP contribution in [0.4, 0.5) is 0 Å². The molecule has 0 saturated heterocycles. The number of halogens is 2. The first-order chi connectivity index (χ1) is 10.7. The van der Waals surface area contributed by atoms with Crippen LogP contribution >= 0.6 is 35.3 Å². The van der Waals surface area contributed by atoms with Gasteiger partial charge in [0.2, 0.25) is 0 Å². The number of hydrogen-bond acceptors (Lipinski definition) is 6. The molecule has 5 nitrogen and oxygen atoms in total. The Balaban J connectivity index is 0.00000192. The summed E-state index contributed by atoms with van der Waals surface area (Å²) in [4.78, 5) is 8.95. The summed E-state index contributed by atoms with van der Waals surface area (Å²) in [5.74, 6) is 1.12. The molecule has 3 aromatic rings. The average molecular weight is 371 g/mol. The van der Waals surface area contributed by atoms with Gasteiger partial charge in [0, 0.05) is 28.4 Å². The lowest BCUT2D eigenvalue weighted by atomic mass is 10.2. The average Bonchev–Trinajstić information content (AvgIpc) is 3.15. The van der Waals surface area contributed by atoms with E-state index in [0.29, 0.717) is 34.9 Å². The summed E-state index contributed by atoms with van der Waals surface area (Å²) in [6.45, 7) is 2.07. The summed E-state index contributed by atoms with van der Waals surface area (Å²) in [6, 6.07) is 7.90. The molecule has 1 aromatic carbocycles. The number of likely N-dealkylation sites (N-methyl/N-ethyl adjacent to an activating group) is 1. The maximum atomic E-state index is 6.01. The van der Waals surface area contributed by atoms with E-state index in [0.717, 1.165) is 10.6 Å². The third-order valence-corrected chi connectivity index (χ3v) is 4.37. The van der Waals surface area contributed by atoms with Crippen LogP contribution in [0.15, 0.2) is 34.2 Å². The highest BCUT2D eigenvalue weighted by molar-refractivity contribution is 7.13. The van der Waals surface area contributed by atoms with Crippen molar-refractivity contribution in [2.75, 3.05) is 7.05 Å². The molecule has 0 fully saturated rings. The van der Waals surface area contributed by atoms with Gasteiger partial charge in [0.25, 0.3) is 5.89 Å². The van der Waals surface area contributed by atoms with Crippen molar-refractivity contribution in [1.29, 1.82) is 0 Å². The number of nitrogens with zero attached hydrogens (tertiary/aromatic N) is 3. The Bertz CT molecular complexity index is 774. The van der Waals surface area contributed by atoms with Crippen molar-refractivity contribution in [1.82, 2.24) is 20.4 Å². The topological polar surface area (TPSA) is 63.8 Å². The monoisotopic (exact) mass is 370 g/mol. The first kappa shape index (κ1) is 17.9. The predicted molar refractivity (Wildman–Crippen MR) is 95.3 cm³/mol. The summed E-state index contributed by atoms with van der Waals surface area (Å²) in [5.41, 5.74) is 1.67. The molecular weight excluding hydrogens is 355 g/mol. The van der Waals surface area contributed by atoms with Gasteiger partial charge in [-0.25, -0.2) is 4.98 Å². The molecule has 0 bridgehead atoms. The third kappa shape index (κ3) is 4.29. The molecule has 0 saturated carbocycles. The molecule has 1 atom stereocenters. The molecular formula is C15H16Cl2N4OS. The van der Waals surface area contributed by atoms with Gasteiger partial charge in [-0.15, -0.1) is 23.7 Å². The SMILES string of the molecule is CNC(C)Cc1noc(-c2csc(-c3cccc(Cl)c3)n2)n1.Cl. The molecule has 0 aliphatic carbocycles. The standard InChI is InChI=1S/C15H15ClN4OS.ClH/c1-9(17-2)6-13-19-14(21-20-13)12-8-22-15(18-12)10-4-3-5-11(16)7-10;/h3-5,7-9,17H,6H2,1-2H3;1H. The van der Waals surface area contributed by atoms with Crippen molar-refractivity contribution >= 4 is 35.3 Å². The molecule has 0 spiro atoms. The van der Waals surface area contributed by atoms with Crippen LogP contribution < -0.4 is 5.32 Å². The fraction of sp³-hybridized carbons (Fsp3) is 0.267. The zero-order chi connectivity index (χ0) is 15.5. The Kier molecular flexibility index (Phi) is 6.12. The van der Waals surface area contributed by atoms with E-state index in [1.165, 1.54) is 11.3 Å². The van der Waals surface area contributed by atoms with E-state index in [4.69, 9.17) is 16.1 Å². The van der Waals surface area contributed by atoms with Crippen LogP contribution in [-0.2, 0) is 6.42 Å². The normalized spacial score (nSPS) is 12.0. The Morgan fingerprint density at radius 2 is 2.17 bits per heavy atom. The maximum Gasteiger partial charge on any atom is 0.277 e. The summed E-state index contributed by atoms with van der Waals surface area (Å²) < 4.78 is 5.30. The summed E-state index contributed by atoms with van der Waals surface area (Å²) in [7, 11) is 1.91. The quantitative estimate of drug-likeness (QED) is 0.732. The van der Waals surface area contributed by atoms with Crippen molar-refractivity contribution in [3.63, 3.8) is 0 Å². The van der Waals surface area contributed by atoms with Crippen molar-refractivity contribution < 1.29 is 4.52 Å². The molecule has 2 heterocycles. The van der Waals surface area contributed by atoms with Gasteiger partial charge in [-0.2, -0.15) is 4.98 Å². The lowest BCUT2D eigenvalue weighted by Crippen LogP contribution is -2.24. The molecule has 1 N–H and O–H groups in total. The van der Waals surface area contributed by atoms with Gasteiger partial charge >= 0.3 is 0 Å². The van der Waals surface area contributed by atoms with Crippen LogP contribution in [0.2, 0.25) is 5.02 Å². The molecule has 8 heteroatoms. The van der Waals surface area contributed by atoms with Gasteiger partial charge in [-0.1, -0.05) is 28.9 Å². The van der Waals surface area contributed by atoms with E-state index in [1.54, 1.807) is 0 Å². The molecule has 1 unspecified atom stereocenters. The Labute approximate surface area is 149 Å². The van der Waals surface area contributed by atoms with E-state index >= 15 is 0 Å². The van der Waals surface area contributed by atoms with Crippen molar-refractivity contribution in [3.05, 3.63) is 40.5 Å². The van der Waals surface area contributed by atoms with Crippen molar-refractivity contribution in [3.8, 4) is 22.2 Å². The molecule has 0 aliphatic heterocycles. The largest absolute Gasteiger partial charge is 0.332 e. The van der Waals surface area contributed by atoms with Crippen LogP contribution in [-0.4, -0.2) is 28.2 Å². The molecule has 0 aliphatic rings. The van der Waals surface area contributed by atoms with Gasteiger partial charge in [0.1, 0.15) is 10.7 Å².